The minimum Gasteiger partial charge on any atom is -0.496 e. The van der Waals surface area contributed by atoms with E-state index in [4.69, 9.17) is 14.2 Å². The molecular formula is C17H16O3S. The first kappa shape index (κ1) is 13.8. The van der Waals surface area contributed by atoms with Gasteiger partial charge in [0.15, 0.2) is 11.5 Å². The summed E-state index contributed by atoms with van der Waals surface area (Å²) in [7, 11) is 4.94. The molecule has 108 valence electrons. The maximum Gasteiger partial charge on any atom is 0.168 e. The highest BCUT2D eigenvalue weighted by molar-refractivity contribution is 7.08. The maximum absolute atomic E-state index is 5.51. The van der Waals surface area contributed by atoms with E-state index in [1.54, 1.807) is 32.7 Å². The van der Waals surface area contributed by atoms with Crippen LogP contribution >= 0.6 is 11.3 Å². The zero-order chi connectivity index (χ0) is 14.8. The number of methoxy groups -OCH3 is 3. The lowest BCUT2D eigenvalue weighted by Gasteiger charge is -2.14. The number of ether oxygens (including phenoxy) is 3. The summed E-state index contributed by atoms with van der Waals surface area (Å²) in [6, 6.07) is 10.2. The van der Waals surface area contributed by atoms with Crippen LogP contribution in [0.4, 0.5) is 0 Å². The average Bonchev–Trinajstić information content (AvgIpc) is 3.07. The Morgan fingerprint density at radius 2 is 1.57 bits per heavy atom. The molecule has 0 atom stereocenters. The monoisotopic (exact) mass is 300 g/mol. The lowest BCUT2D eigenvalue weighted by atomic mass is 10.0. The first-order chi connectivity index (χ1) is 10.3. The zero-order valence-electron chi connectivity index (χ0n) is 12.2. The Labute approximate surface area is 127 Å². The Morgan fingerprint density at radius 3 is 2.19 bits per heavy atom. The Kier molecular flexibility index (Phi) is 3.71. The Morgan fingerprint density at radius 1 is 0.762 bits per heavy atom. The van der Waals surface area contributed by atoms with Gasteiger partial charge >= 0.3 is 0 Å². The van der Waals surface area contributed by atoms with Gasteiger partial charge in [0.05, 0.1) is 21.3 Å². The van der Waals surface area contributed by atoms with Crippen LogP contribution in [-0.4, -0.2) is 21.3 Å². The molecule has 3 nitrogen and oxygen atoms in total. The largest absolute Gasteiger partial charge is 0.496 e. The van der Waals surface area contributed by atoms with Crippen LogP contribution in [0.2, 0.25) is 0 Å². The van der Waals surface area contributed by atoms with Gasteiger partial charge in [-0.15, -0.1) is 0 Å². The molecule has 1 aromatic heterocycles. The van der Waals surface area contributed by atoms with Crippen LogP contribution in [0.5, 0.6) is 17.2 Å². The summed E-state index contributed by atoms with van der Waals surface area (Å²) in [4.78, 5) is 0. The molecule has 21 heavy (non-hydrogen) atoms. The van der Waals surface area contributed by atoms with Gasteiger partial charge < -0.3 is 14.2 Å². The van der Waals surface area contributed by atoms with Crippen molar-refractivity contribution in [2.24, 2.45) is 0 Å². The second-order valence-electron chi connectivity index (χ2n) is 4.59. The molecule has 0 amide bonds. The van der Waals surface area contributed by atoms with Crippen LogP contribution in [0.15, 0.2) is 41.1 Å². The van der Waals surface area contributed by atoms with Gasteiger partial charge in [-0.3, -0.25) is 0 Å². The topological polar surface area (TPSA) is 27.7 Å². The normalized spacial score (nSPS) is 10.6. The second-order valence-corrected chi connectivity index (χ2v) is 5.37. The molecule has 0 aliphatic heterocycles. The number of thiophene rings is 1. The summed E-state index contributed by atoms with van der Waals surface area (Å²) in [5.41, 5.74) is 2.37. The van der Waals surface area contributed by atoms with Gasteiger partial charge in [-0.05, 0) is 40.1 Å². The van der Waals surface area contributed by atoms with E-state index in [1.165, 1.54) is 5.56 Å². The van der Waals surface area contributed by atoms with Crippen LogP contribution in [0.25, 0.3) is 21.9 Å². The van der Waals surface area contributed by atoms with Crippen molar-refractivity contribution >= 4 is 22.1 Å². The molecule has 0 N–H and O–H groups in total. The summed E-state index contributed by atoms with van der Waals surface area (Å²) in [6.45, 7) is 0. The lowest BCUT2D eigenvalue weighted by molar-refractivity contribution is 0.353. The molecule has 2 aromatic carbocycles. The van der Waals surface area contributed by atoms with Crippen molar-refractivity contribution in [2.75, 3.05) is 21.3 Å². The van der Waals surface area contributed by atoms with Gasteiger partial charge in [0.2, 0.25) is 0 Å². The molecule has 0 bridgehead atoms. The molecule has 0 aliphatic carbocycles. The minimum absolute atomic E-state index is 0.671. The lowest BCUT2D eigenvalue weighted by Crippen LogP contribution is -1.94. The average molecular weight is 300 g/mol. The Bertz CT molecular complexity index is 763. The molecule has 0 saturated heterocycles. The zero-order valence-corrected chi connectivity index (χ0v) is 13.0. The summed E-state index contributed by atoms with van der Waals surface area (Å²) < 4.78 is 16.4. The Balaban J connectivity index is 2.29. The number of fused-ring (bicyclic) bond motifs is 1. The summed E-state index contributed by atoms with van der Waals surface area (Å²) in [6.07, 6.45) is 0. The number of hydrogen-bond donors (Lipinski definition) is 0. The van der Waals surface area contributed by atoms with E-state index in [9.17, 15) is 0 Å². The molecule has 0 aliphatic rings. The van der Waals surface area contributed by atoms with Crippen molar-refractivity contribution in [1.29, 1.82) is 0 Å². The van der Waals surface area contributed by atoms with E-state index in [0.717, 1.165) is 27.8 Å². The summed E-state index contributed by atoms with van der Waals surface area (Å²) >= 11 is 1.69. The third-order valence-electron chi connectivity index (χ3n) is 3.51. The van der Waals surface area contributed by atoms with E-state index >= 15 is 0 Å². The molecule has 3 rings (SSSR count). The molecule has 0 unspecified atom stereocenters. The summed E-state index contributed by atoms with van der Waals surface area (Å²) in [5.74, 6) is 2.18. The highest BCUT2D eigenvalue weighted by Crippen LogP contribution is 2.42. The number of hydrogen-bond acceptors (Lipinski definition) is 4. The third-order valence-corrected chi connectivity index (χ3v) is 4.20. The van der Waals surface area contributed by atoms with Crippen molar-refractivity contribution in [3.8, 4) is 28.4 Å². The van der Waals surface area contributed by atoms with Crippen molar-refractivity contribution in [2.45, 2.75) is 0 Å². The number of benzene rings is 2. The van der Waals surface area contributed by atoms with E-state index in [2.05, 4.69) is 29.0 Å². The van der Waals surface area contributed by atoms with Gasteiger partial charge in [-0.1, -0.05) is 6.07 Å². The summed E-state index contributed by atoms with van der Waals surface area (Å²) in [5, 5.41) is 6.20. The Hall–Kier alpha value is -2.20. The van der Waals surface area contributed by atoms with Crippen LogP contribution in [0, 0.1) is 0 Å². The quantitative estimate of drug-likeness (QED) is 0.705. The smallest absolute Gasteiger partial charge is 0.168 e. The van der Waals surface area contributed by atoms with Crippen LogP contribution in [-0.2, 0) is 0 Å². The van der Waals surface area contributed by atoms with Crippen LogP contribution < -0.4 is 14.2 Å². The fraction of sp³-hybridized carbons (Fsp3) is 0.176. The van der Waals surface area contributed by atoms with Gasteiger partial charge in [0, 0.05) is 16.8 Å². The SMILES string of the molecule is COc1cc(OC)c2cc(-c3ccsc3)ccc2c1OC. The van der Waals surface area contributed by atoms with E-state index in [-0.39, 0.29) is 0 Å². The van der Waals surface area contributed by atoms with Gasteiger partial charge in [-0.25, -0.2) is 0 Å². The van der Waals surface area contributed by atoms with Crippen molar-refractivity contribution in [1.82, 2.24) is 0 Å². The number of rotatable bonds is 4. The molecule has 0 fully saturated rings. The molecule has 0 spiro atoms. The van der Waals surface area contributed by atoms with E-state index in [1.807, 2.05) is 12.1 Å². The minimum atomic E-state index is 0.671. The predicted octanol–water partition coefficient (Wildman–Crippen LogP) is 4.59. The fourth-order valence-electron chi connectivity index (χ4n) is 2.48. The predicted molar refractivity (Wildman–Crippen MR) is 86.9 cm³/mol. The standard InChI is InChI=1S/C17H16O3S/c1-18-15-9-16(19-2)17(20-3)13-5-4-11(8-14(13)15)12-6-7-21-10-12/h4-10H,1-3H3. The van der Waals surface area contributed by atoms with E-state index < -0.39 is 0 Å². The van der Waals surface area contributed by atoms with Gasteiger partial charge in [0.1, 0.15) is 5.75 Å². The van der Waals surface area contributed by atoms with Crippen molar-refractivity contribution in [3.05, 3.63) is 41.1 Å². The second kappa shape index (κ2) is 5.66. The van der Waals surface area contributed by atoms with Gasteiger partial charge in [-0.2, -0.15) is 11.3 Å². The van der Waals surface area contributed by atoms with Crippen molar-refractivity contribution < 1.29 is 14.2 Å². The highest BCUT2D eigenvalue weighted by atomic mass is 32.1. The highest BCUT2D eigenvalue weighted by Gasteiger charge is 2.14. The van der Waals surface area contributed by atoms with E-state index in [0.29, 0.717) is 5.75 Å². The third kappa shape index (κ3) is 2.32. The molecule has 1 heterocycles. The molecule has 4 heteroatoms. The van der Waals surface area contributed by atoms with Crippen LogP contribution in [0.3, 0.4) is 0 Å². The molecular weight excluding hydrogens is 284 g/mol. The first-order valence-electron chi connectivity index (χ1n) is 6.53. The fourth-order valence-corrected chi connectivity index (χ4v) is 3.15. The molecule has 3 aromatic rings. The molecule has 0 radical (unpaired) electrons. The molecule has 0 saturated carbocycles. The van der Waals surface area contributed by atoms with Gasteiger partial charge in [0.25, 0.3) is 0 Å². The van der Waals surface area contributed by atoms with Crippen LogP contribution in [0.1, 0.15) is 0 Å². The maximum atomic E-state index is 5.51. The van der Waals surface area contributed by atoms with Crippen molar-refractivity contribution in [3.63, 3.8) is 0 Å². The first-order valence-corrected chi connectivity index (χ1v) is 7.48.